The van der Waals surface area contributed by atoms with Crippen molar-refractivity contribution in [1.29, 1.82) is 0 Å². The monoisotopic (exact) mass is 630 g/mol. The van der Waals surface area contributed by atoms with Crippen molar-refractivity contribution in [2.24, 2.45) is 0 Å². The highest BCUT2D eigenvalue weighted by atomic mass is 16.6. The average molecular weight is 631 g/mol. The van der Waals surface area contributed by atoms with Crippen molar-refractivity contribution in [3.63, 3.8) is 0 Å². The largest absolute Gasteiger partial charge is 0.457 e. The SMILES string of the molecule is CC(C)N1CCN(C(=O)c2ccc(NC(=O)Nc3ccc(-c4nc(OC5CCOC5)nc(N5CCOCC5C)n4)cc3)cc2)CC1. The summed E-state index contributed by atoms with van der Waals surface area (Å²) in [6.07, 6.45) is 0.684. The van der Waals surface area contributed by atoms with Crippen molar-refractivity contribution in [1.82, 2.24) is 24.8 Å². The lowest BCUT2D eigenvalue weighted by molar-refractivity contribution is 0.0595. The third kappa shape index (κ3) is 7.72. The highest BCUT2D eigenvalue weighted by Crippen LogP contribution is 2.25. The molecule has 4 heterocycles. The summed E-state index contributed by atoms with van der Waals surface area (Å²) < 4.78 is 17.1. The van der Waals surface area contributed by atoms with Crippen molar-refractivity contribution in [2.45, 2.75) is 45.4 Å². The Morgan fingerprint density at radius 1 is 0.848 bits per heavy atom. The minimum atomic E-state index is -0.394. The lowest BCUT2D eigenvalue weighted by atomic mass is 10.1. The van der Waals surface area contributed by atoms with Crippen LogP contribution in [0.3, 0.4) is 0 Å². The molecule has 13 nitrogen and oxygen atoms in total. The Balaban J connectivity index is 1.08. The number of rotatable bonds is 8. The number of morpholine rings is 1. The average Bonchev–Trinajstić information content (AvgIpc) is 3.58. The van der Waals surface area contributed by atoms with Crippen LogP contribution in [0.15, 0.2) is 48.5 Å². The Labute approximate surface area is 269 Å². The van der Waals surface area contributed by atoms with Gasteiger partial charge in [0.25, 0.3) is 5.91 Å². The van der Waals surface area contributed by atoms with Crippen LogP contribution >= 0.6 is 0 Å². The van der Waals surface area contributed by atoms with Crippen LogP contribution in [-0.2, 0) is 9.47 Å². The second-order valence-electron chi connectivity index (χ2n) is 12.1. The third-order valence-corrected chi connectivity index (χ3v) is 8.51. The van der Waals surface area contributed by atoms with Gasteiger partial charge in [0.05, 0.1) is 32.5 Å². The maximum absolute atomic E-state index is 13.0. The molecule has 1 aromatic heterocycles. The number of piperazine rings is 1. The molecule has 3 aliphatic rings. The number of carbonyl (C=O) groups excluding carboxylic acids is 2. The summed E-state index contributed by atoms with van der Waals surface area (Å²) in [5.74, 6) is 1.03. The highest BCUT2D eigenvalue weighted by molar-refractivity contribution is 6.00. The summed E-state index contributed by atoms with van der Waals surface area (Å²) in [7, 11) is 0. The molecule has 46 heavy (non-hydrogen) atoms. The first-order valence-corrected chi connectivity index (χ1v) is 16.0. The van der Waals surface area contributed by atoms with E-state index in [4.69, 9.17) is 19.2 Å². The van der Waals surface area contributed by atoms with Gasteiger partial charge >= 0.3 is 12.0 Å². The number of carbonyl (C=O) groups is 2. The van der Waals surface area contributed by atoms with Crippen LogP contribution in [0.1, 0.15) is 37.6 Å². The summed E-state index contributed by atoms with van der Waals surface area (Å²) in [6.45, 7) is 12.6. The molecule has 13 heteroatoms. The number of nitrogens with one attached hydrogen (secondary N) is 2. The second-order valence-corrected chi connectivity index (χ2v) is 12.1. The number of hydrogen-bond donors (Lipinski definition) is 2. The maximum Gasteiger partial charge on any atom is 0.323 e. The van der Waals surface area contributed by atoms with Gasteiger partial charge in [0.2, 0.25) is 5.95 Å². The van der Waals surface area contributed by atoms with Crippen molar-refractivity contribution in [3.05, 3.63) is 54.1 Å². The van der Waals surface area contributed by atoms with E-state index < -0.39 is 6.03 Å². The molecular formula is C33H42N8O5. The molecule has 0 aliphatic carbocycles. The Morgan fingerprint density at radius 3 is 2.15 bits per heavy atom. The maximum atomic E-state index is 13.0. The summed E-state index contributed by atoms with van der Waals surface area (Å²) in [5.41, 5.74) is 2.55. The highest BCUT2D eigenvalue weighted by Gasteiger charge is 2.26. The smallest absolute Gasteiger partial charge is 0.323 e. The topological polar surface area (TPSA) is 134 Å². The summed E-state index contributed by atoms with van der Waals surface area (Å²) >= 11 is 0. The van der Waals surface area contributed by atoms with Gasteiger partial charge in [0.15, 0.2) is 5.82 Å². The number of ether oxygens (including phenoxy) is 3. The van der Waals surface area contributed by atoms with Gasteiger partial charge in [-0.25, -0.2) is 4.79 Å². The number of aromatic nitrogens is 3. The van der Waals surface area contributed by atoms with E-state index in [-0.39, 0.29) is 24.1 Å². The molecule has 6 rings (SSSR count). The molecule has 3 amide bonds. The quantitative estimate of drug-likeness (QED) is 0.379. The van der Waals surface area contributed by atoms with E-state index in [1.807, 2.05) is 17.0 Å². The fourth-order valence-electron chi connectivity index (χ4n) is 5.75. The molecule has 0 radical (unpaired) electrons. The predicted molar refractivity (Wildman–Crippen MR) is 174 cm³/mol. The molecule has 0 saturated carbocycles. The van der Waals surface area contributed by atoms with Crippen molar-refractivity contribution in [2.75, 3.05) is 74.7 Å². The molecule has 3 aliphatic heterocycles. The molecule has 2 N–H and O–H groups in total. The standard InChI is InChI=1S/C33H42N8O5/c1-22(2)39-13-15-40(16-14-39)30(42)25-6-10-27(11-7-25)35-32(43)34-26-8-4-24(5-9-26)29-36-31(41-17-19-45-20-23(41)3)38-33(37-29)46-28-12-18-44-21-28/h4-11,22-23,28H,12-21H2,1-3H3,(H2,34,35,43). The van der Waals surface area contributed by atoms with Crippen molar-refractivity contribution in [3.8, 4) is 17.4 Å². The molecule has 3 aromatic rings. The minimum Gasteiger partial charge on any atom is -0.457 e. The molecule has 3 saturated heterocycles. The van der Waals surface area contributed by atoms with E-state index >= 15 is 0 Å². The van der Waals surface area contributed by atoms with Crippen LogP contribution < -0.4 is 20.3 Å². The Morgan fingerprint density at radius 2 is 1.52 bits per heavy atom. The number of urea groups is 1. The molecule has 2 unspecified atom stereocenters. The minimum absolute atomic E-state index is 0.00971. The van der Waals surface area contributed by atoms with Gasteiger partial charge in [-0.3, -0.25) is 9.69 Å². The molecule has 3 fully saturated rings. The summed E-state index contributed by atoms with van der Waals surface area (Å²) in [6, 6.07) is 14.7. The molecule has 2 atom stereocenters. The fraction of sp³-hybridized carbons (Fsp3) is 0.485. The fourth-order valence-corrected chi connectivity index (χ4v) is 5.75. The van der Waals surface area contributed by atoms with E-state index in [9.17, 15) is 9.59 Å². The molecular weight excluding hydrogens is 588 g/mol. The summed E-state index contributed by atoms with van der Waals surface area (Å²) in [4.78, 5) is 46.1. The lowest BCUT2D eigenvalue weighted by Gasteiger charge is -2.37. The molecule has 2 aromatic carbocycles. The van der Waals surface area contributed by atoms with Crippen LogP contribution in [0.2, 0.25) is 0 Å². The first-order valence-electron chi connectivity index (χ1n) is 16.0. The van der Waals surface area contributed by atoms with E-state index in [1.165, 1.54) is 0 Å². The lowest BCUT2D eigenvalue weighted by Crippen LogP contribution is -2.50. The van der Waals surface area contributed by atoms with Gasteiger partial charge in [0.1, 0.15) is 6.10 Å². The van der Waals surface area contributed by atoms with Crippen LogP contribution in [-0.4, -0.2) is 114 Å². The van der Waals surface area contributed by atoms with Gasteiger partial charge in [-0.15, -0.1) is 0 Å². The normalized spacial score (nSPS) is 20.5. The van der Waals surface area contributed by atoms with Crippen molar-refractivity contribution < 1.29 is 23.8 Å². The summed E-state index contributed by atoms with van der Waals surface area (Å²) in [5, 5.41) is 5.69. The van der Waals surface area contributed by atoms with E-state index in [0.29, 0.717) is 80.8 Å². The first kappa shape index (κ1) is 31.6. The molecule has 244 valence electrons. The number of hydrogen-bond acceptors (Lipinski definition) is 10. The molecule has 0 bridgehead atoms. The van der Waals surface area contributed by atoms with Crippen molar-refractivity contribution >= 4 is 29.3 Å². The Kier molecular flexibility index (Phi) is 9.91. The number of amides is 3. The van der Waals surface area contributed by atoms with E-state index in [0.717, 1.165) is 25.1 Å². The zero-order valence-electron chi connectivity index (χ0n) is 26.6. The van der Waals surface area contributed by atoms with E-state index in [1.54, 1.807) is 36.4 Å². The third-order valence-electron chi connectivity index (χ3n) is 8.51. The van der Waals surface area contributed by atoms with Crippen LogP contribution in [0, 0.1) is 0 Å². The molecule has 0 spiro atoms. The number of benzene rings is 2. The van der Waals surface area contributed by atoms with Gasteiger partial charge in [-0.1, -0.05) is 0 Å². The number of nitrogens with zero attached hydrogens (tertiary/aromatic N) is 6. The predicted octanol–water partition coefficient (Wildman–Crippen LogP) is 3.74. The Hall–Kier alpha value is -4.33. The zero-order chi connectivity index (χ0) is 32.0. The van der Waals surface area contributed by atoms with Gasteiger partial charge in [-0.05, 0) is 69.3 Å². The van der Waals surface area contributed by atoms with Gasteiger partial charge in [0, 0.05) is 67.7 Å². The van der Waals surface area contributed by atoms with E-state index in [2.05, 4.69) is 51.2 Å². The second kappa shape index (κ2) is 14.4. The zero-order valence-corrected chi connectivity index (χ0v) is 26.6. The van der Waals surface area contributed by atoms with Crippen LogP contribution in [0.4, 0.5) is 22.1 Å². The van der Waals surface area contributed by atoms with Crippen LogP contribution in [0.25, 0.3) is 11.4 Å². The van der Waals surface area contributed by atoms with Gasteiger partial charge < -0.3 is 34.6 Å². The van der Waals surface area contributed by atoms with Gasteiger partial charge in [-0.2, -0.15) is 15.0 Å². The van der Waals surface area contributed by atoms with Crippen LogP contribution in [0.5, 0.6) is 6.01 Å². The first-order chi connectivity index (χ1) is 22.3. The Bertz CT molecular complexity index is 1490. The number of anilines is 3.